The predicted octanol–water partition coefficient (Wildman–Crippen LogP) is 3.36. The van der Waals surface area contributed by atoms with E-state index in [4.69, 9.17) is 0 Å². The molecule has 10 nitrogen and oxygen atoms in total. The van der Waals surface area contributed by atoms with Gasteiger partial charge in [-0.1, -0.05) is 25.3 Å². The van der Waals surface area contributed by atoms with Crippen LogP contribution in [-0.2, 0) is 25.6 Å². The Kier molecular flexibility index (Phi) is 8.80. The van der Waals surface area contributed by atoms with Gasteiger partial charge in [-0.15, -0.1) is 0 Å². The van der Waals surface area contributed by atoms with Crippen molar-refractivity contribution in [2.24, 2.45) is 4.99 Å². The molecule has 2 aliphatic heterocycles. The van der Waals surface area contributed by atoms with E-state index in [1.165, 1.54) is 6.08 Å². The largest absolute Gasteiger partial charge is 0.481 e. The Bertz CT molecular complexity index is 1860. The highest BCUT2D eigenvalue weighted by atomic mass is 16.4. The molecular formula is C33H34N4O6. The Balaban J connectivity index is 1.85. The molecule has 10 heteroatoms. The molecule has 2 aromatic heterocycles. The predicted molar refractivity (Wildman–Crippen MR) is 165 cm³/mol. The van der Waals surface area contributed by atoms with E-state index in [1.54, 1.807) is 25.2 Å². The van der Waals surface area contributed by atoms with Crippen LogP contribution < -0.4 is 16.0 Å². The number of nitrogens with zero attached hydrogens (tertiary/aromatic N) is 1. The van der Waals surface area contributed by atoms with Crippen LogP contribution in [0.3, 0.4) is 0 Å². The van der Waals surface area contributed by atoms with Crippen molar-refractivity contribution in [1.82, 2.24) is 15.3 Å². The van der Waals surface area contributed by atoms with Gasteiger partial charge in [0.05, 0.1) is 5.71 Å². The molecule has 0 unspecified atom stereocenters. The van der Waals surface area contributed by atoms with Crippen LogP contribution in [0.4, 0.5) is 0 Å². The van der Waals surface area contributed by atoms with E-state index in [-0.39, 0.29) is 37.5 Å². The molecule has 2 aromatic rings. The summed E-state index contributed by atoms with van der Waals surface area (Å²) in [5, 5.41) is 22.9. The molecule has 222 valence electrons. The molecule has 0 radical (unpaired) electrons. The van der Waals surface area contributed by atoms with Crippen LogP contribution in [-0.4, -0.2) is 49.6 Å². The minimum absolute atomic E-state index is 0.0942. The molecule has 0 bridgehead atoms. The summed E-state index contributed by atoms with van der Waals surface area (Å²) in [7, 11) is 0. The second kappa shape index (κ2) is 12.3. The van der Waals surface area contributed by atoms with Crippen LogP contribution in [0.2, 0.25) is 0 Å². The Morgan fingerprint density at radius 1 is 0.814 bits per heavy atom. The number of H-pyrrole nitrogens is 2. The second-order valence-electron chi connectivity index (χ2n) is 10.5. The van der Waals surface area contributed by atoms with Gasteiger partial charge in [0, 0.05) is 57.3 Å². The fourth-order valence-corrected chi connectivity index (χ4v) is 5.34. The standard InChI is InChI=1S/C33H34N4O6/c1-7-20-16(3)24(34-27(20)14-26-17(4)21(8-2)33(43)36-26)13-25-18(5)22(9-11-30(38)39)28(35-25)15-29-23(10-12-31(40)41)19(6)32(42)37-29/h7-8,13-15,34-35H,1-2,9-12H2,3-6H3,(H,37,42)(H,38,39)(H,40,41)/b24-13?,27-14?,29-15-. The number of amides is 2. The minimum atomic E-state index is -0.968. The summed E-state index contributed by atoms with van der Waals surface area (Å²) in [5.74, 6) is -2.54. The normalized spacial score (nSPS) is 16.9. The van der Waals surface area contributed by atoms with Crippen molar-refractivity contribution in [3.8, 4) is 0 Å². The van der Waals surface area contributed by atoms with Gasteiger partial charge >= 0.3 is 11.9 Å². The number of rotatable bonds is 11. The molecule has 0 fully saturated rings. The molecule has 0 atom stereocenters. The highest BCUT2D eigenvalue weighted by Gasteiger charge is 2.25. The quantitative estimate of drug-likeness (QED) is 0.273. The van der Waals surface area contributed by atoms with Gasteiger partial charge in [-0.3, -0.25) is 19.2 Å². The lowest BCUT2D eigenvalue weighted by molar-refractivity contribution is -0.138. The zero-order valence-electron chi connectivity index (χ0n) is 24.6. The molecule has 4 rings (SSSR count). The summed E-state index contributed by atoms with van der Waals surface area (Å²) >= 11 is 0. The number of aromatic amines is 2. The van der Waals surface area contributed by atoms with Gasteiger partial charge < -0.3 is 25.5 Å². The van der Waals surface area contributed by atoms with Crippen molar-refractivity contribution < 1.29 is 29.4 Å². The maximum atomic E-state index is 12.4. The van der Waals surface area contributed by atoms with Crippen molar-refractivity contribution in [3.63, 3.8) is 0 Å². The molecule has 0 aliphatic carbocycles. The third-order valence-corrected chi connectivity index (χ3v) is 7.87. The van der Waals surface area contributed by atoms with Crippen molar-refractivity contribution in [2.45, 2.75) is 53.4 Å². The van der Waals surface area contributed by atoms with E-state index in [0.29, 0.717) is 33.8 Å². The van der Waals surface area contributed by atoms with Crippen molar-refractivity contribution in [2.75, 3.05) is 0 Å². The molecule has 43 heavy (non-hydrogen) atoms. The summed E-state index contributed by atoms with van der Waals surface area (Å²) in [6, 6.07) is 0. The van der Waals surface area contributed by atoms with Gasteiger partial charge in [-0.2, -0.15) is 0 Å². The fourth-order valence-electron chi connectivity index (χ4n) is 5.34. The van der Waals surface area contributed by atoms with Gasteiger partial charge in [0.25, 0.3) is 11.8 Å². The zero-order chi connectivity index (χ0) is 31.6. The molecule has 4 heterocycles. The second-order valence-corrected chi connectivity index (χ2v) is 10.5. The zero-order valence-corrected chi connectivity index (χ0v) is 24.6. The van der Waals surface area contributed by atoms with E-state index >= 15 is 0 Å². The first-order valence-corrected chi connectivity index (χ1v) is 13.8. The van der Waals surface area contributed by atoms with Gasteiger partial charge in [-0.05, 0) is 86.6 Å². The first-order valence-electron chi connectivity index (χ1n) is 13.8. The van der Waals surface area contributed by atoms with E-state index in [2.05, 4.69) is 33.4 Å². The van der Waals surface area contributed by atoms with Crippen LogP contribution >= 0.6 is 0 Å². The lowest BCUT2D eigenvalue weighted by atomic mass is 10.0. The molecule has 2 amide bonds. The van der Waals surface area contributed by atoms with Crippen LogP contribution in [0.1, 0.15) is 66.8 Å². The van der Waals surface area contributed by atoms with Gasteiger partial charge in [0.15, 0.2) is 0 Å². The lowest BCUT2D eigenvalue weighted by Crippen LogP contribution is -2.15. The lowest BCUT2D eigenvalue weighted by Gasteiger charge is -2.06. The summed E-state index contributed by atoms with van der Waals surface area (Å²) in [4.78, 5) is 58.3. The first kappa shape index (κ1) is 30.7. The Morgan fingerprint density at radius 3 is 2.09 bits per heavy atom. The maximum absolute atomic E-state index is 12.4. The molecule has 2 aliphatic rings. The van der Waals surface area contributed by atoms with E-state index in [9.17, 15) is 29.4 Å². The van der Waals surface area contributed by atoms with E-state index < -0.39 is 11.9 Å². The summed E-state index contributed by atoms with van der Waals surface area (Å²) in [5.41, 5.74) is 8.02. The maximum Gasteiger partial charge on any atom is 0.303 e. The molecule has 5 N–H and O–H groups in total. The number of hydrogen-bond donors (Lipinski definition) is 5. The Morgan fingerprint density at radius 2 is 1.49 bits per heavy atom. The molecular weight excluding hydrogens is 548 g/mol. The Labute approximate surface area is 248 Å². The van der Waals surface area contributed by atoms with Crippen molar-refractivity contribution in [3.05, 3.63) is 91.6 Å². The SMILES string of the molecule is C=CC1=C(C)C(C=c2[nH]c(=Cc3[nH]c(/C=C4\NC(=O)C(C)=C4CCC(=O)O)c(CCC(=O)O)c3C)c(C)c2C=C)=NC1=O. The number of aliphatic imine (C=N–C) groups is 1. The number of carboxylic acid groups (broad SMARTS) is 2. The van der Waals surface area contributed by atoms with Crippen LogP contribution in [0.15, 0.2) is 52.2 Å². The van der Waals surface area contributed by atoms with Crippen molar-refractivity contribution in [1.29, 1.82) is 0 Å². The summed E-state index contributed by atoms with van der Waals surface area (Å²) in [6.45, 7) is 15.0. The Hall–Kier alpha value is -5.25. The average Bonchev–Trinajstić information content (AvgIpc) is 3.59. The number of aliphatic carboxylic acids is 2. The highest BCUT2D eigenvalue weighted by Crippen LogP contribution is 2.29. The monoisotopic (exact) mass is 582 g/mol. The number of aromatic nitrogens is 2. The molecule has 0 spiro atoms. The first-order chi connectivity index (χ1) is 20.4. The van der Waals surface area contributed by atoms with Gasteiger partial charge in [-0.25, -0.2) is 4.99 Å². The average molecular weight is 583 g/mol. The van der Waals surface area contributed by atoms with Crippen molar-refractivity contribution >= 4 is 53.8 Å². The number of allylic oxidation sites excluding steroid dienone is 2. The molecule has 0 saturated heterocycles. The van der Waals surface area contributed by atoms with Crippen LogP contribution in [0.25, 0.3) is 24.3 Å². The smallest absolute Gasteiger partial charge is 0.303 e. The van der Waals surface area contributed by atoms with Crippen LogP contribution in [0, 0.1) is 13.8 Å². The number of carbonyl (C=O) groups is 4. The number of hydrogen-bond acceptors (Lipinski definition) is 4. The van der Waals surface area contributed by atoms with Gasteiger partial charge in [0.1, 0.15) is 0 Å². The minimum Gasteiger partial charge on any atom is -0.481 e. The number of carboxylic acids is 2. The van der Waals surface area contributed by atoms with Crippen LogP contribution in [0.5, 0.6) is 0 Å². The number of carbonyl (C=O) groups excluding carboxylic acids is 2. The summed E-state index contributed by atoms with van der Waals surface area (Å²) in [6.07, 6.45) is 8.89. The topological polar surface area (TPSA) is 165 Å². The summed E-state index contributed by atoms with van der Waals surface area (Å²) < 4.78 is 0. The van der Waals surface area contributed by atoms with E-state index in [0.717, 1.165) is 44.2 Å². The highest BCUT2D eigenvalue weighted by molar-refractivity contribution is 6.31. The third-order valence-electron chi connectivity index (χ3n) is 7.87. The third kappa shape index (κ3) is 6.18. The van der Waals surface area contributed by atoms with E-state index in [1.807, 2.05) is 26.8 Å². The number of nitrogens with one attached hydrogen (secondary N) is 3. The molecule has 0 saturated carbocycles. The molecule has 0 aromatic carbocycles. The fraction of sp³-hybridized carbons (Fsp3) is 0.242. The van der Waals surface area contributed by atoms with Gasteiger partial charge in [0.2, 0.25) is 0 Å².